The summed E-state index contributed by atoms with van der Waals surface area (Å²) in [6, 6.07) is 0. The van der Waals surface area contributed by atoms with Crippen molar-refractivity contribution < 1.29 is 0 Å². The number of rotatable bonds is 4. The summed E-state index contributed by atoms with van der Waals surface area (Å²) in [4.78, 5) is 0. The fraction of sp³-hybridized carbons (Fsp3) is 1.00. The van der Waals surface area contributed by atoms with Gasteiger partial charge in [0.25, 0.3) is 0 Å². The Labute approximate surface area is 133 Å². The molecule has 0 N–H and O–H groups in total. The van der Waals surface area contributed by atoms with Gasteiger partial charge in [-0.3, -0.25) is 0 Å². The van der Waals surface area contributed by atoms with Crippen LogP contribution in [0.15, 0.2) is 0 Å². The molecule has 5 unspecified atom stereocenters. The predicted molar refractivity (Wildman–Crippen MR) is 92.2 cm³/mol. The van der Waals surface area contributed by atoms with Gasteiger partial charge in [-0.1, -0.05) is 72.1 Å². The third-order valence-corrected chi connectivity index (χ3v) is 7.97. The van der Waals surface area contributed by atoms with Gasteiger partial charge in [0.05, 0.1) is 0 Å². The summed E-state index contributed by atoms with van der Waals surface area (Å²) in [7, 11) is 0. The molecule has 122 valence electrons. The van der Waals surface area contributed by atoms with E-state index in [4.69, 9.17) is 0 Å². The van der Waals surface area contributed by atoms with Crippen molar-refractivity contribution in [3.63, 3.8) is 0 Å². The zero-order valence-corrected chi connectivity index (χ0v) is 14.8. The number of hydrogen-bond donors (Lipinski definition) is 0. The quantitative estimate of drug-likeness (QED) is 0.541. The van der Waals surface area contributed by atoms with Gasteiger partial charge in [-0.05, 0) is 60.7 Å². The summed E-state index contributed by atoms with van der Waals surface area (Å²) < 4.78 is 0. The van der Waals surface area contributed by atoms with Crippen LogP contribution in [-0.2, 0) is 0 Å². The largest absolute Gasteiger partial charge is 0.0651 e. The van der Waals surface area contributed by atoms with Crippen molar-refractivity contribution in [2.24, 2.45) is 41.4 Å². The topological polar surface area (TPSA) is 0 Å². The van der Waals surface area contributed by atoms with Gasteiger partial charge in [-0.2, -0.15) is 0 Å². The first kappa shape index (κ1) is 15.9. The van der Waals surface area contributed by atoms with Crippen molar-refractivity contribution in [3.05, 3.63) is 0 Å². The SMILES string of the molecule is CC1CCC1C1CCC1C1CCC1.CCC(C)C1CCC1. The zero-order chi connectivity index (χ0) is 14.8. The Morgan fingerprint density at radius 1 is 0.762 bits per heavy atom. The molecule has 0 amide bonds. The minimum absolute atomic E-state index is 1.00. The number of hydrogen-bond acceptors (Lipinski definition) is 0. The van der Waals surface area contributed by atoms with Crippen molar-refractivity contribution in [1.82, 2.24) is 0 Å². The fourth-order valence-electron chi connectivity index (χ4n) is 5.21. The first-order chi connectivity index (χ1) is 10.2. The smallest absolute Gasteiger partial charge is 0.0352 e. The lowest BCUT2D eigenvalue weighted by Crippen LogP contribution is -2.44. The molecule has 0 heterocycles. The maximum atomic E-state index is 2.48. The van der Waals surface area contributed by atoms with Crippen molar-refractivity contribution >= 4 is 0 Å². The zero-order valence-electron chi connectivity index (χ0n) is 14.8. The van der Waals surface area contributed by atoms with E-state index in [1.54, 1.807) is 32.1 Å². The van der Waals surface area contributed by atoms with Crippen molar-refractivity contribution in [3.8, 4) is 0 Å². The summed E-state index contributed by atoms with van der Waals surface area (Å²) >= 11 is 0. The van der Waals surface area contributed by atoms with E-state index >= 15 is 0 Å². The van der Waals surface area contributed by atoms with E-state index in [-0.39, 0.29) is 0 Å². The first-order valence-electron chi connectivity index (χ1n) is 10.2. The van der Waals surface area contributed by atoms with Crippen LogP contribution in [0.2, 0.25) is 0 Å². The maximum Gasteiger partial charge on any atom is -0.0352 e. The lowest BCUT2D eigenvalue weighted by Gasteiger charge is -2.53. The lowest BCUT2D eigenvalue weighted by atomic mass is 9.52. The molecule has 0 bridgehead atoms. The molecule has 0 nitrogen and oxygen atoms in total. The van der Waals surface area contributed by atoms with Crippen LogP contribution >= 0.6 is 0 Å². The highest BCUT2D eigenvalue weighted by Gasteiger charge is 2.46. The molecular weight excluding hydrogens is 252 g/mol. The average molecular weight is 291 g/mol. The Bertz CT molecular complexity index is 309. The van der Waals surface area contributed by atoms with E-state index in [2.05, 4.69) is 20.8 Å². The summed E-state index contributed by atoms with van der Waals surface area (Å²) in [5.74, 6) is 7.86. The summed E-state index contributed by atoms with van der Waals surface area (Å²) in [5, 5.41) is 0. The Morgan fingerprint density at radius 3 is 1.62 bits per heavy atom. The Morgan fingerprint density at radius 2 is 1.38 bits per heavy atom. The molecule has 0 aromatic carbocycles. The highest BCUT2D eigenvalue weighted by molar-refractivity contribution is 4.96. The average Bonchev–Trinajstić information content (AvgIpc) is 2.35. The second-order valence-electron chi connectivity index (χ2n) is 8.89. The van der Waals surface area contributed by atoms with Crippen molar-refractivity contribution in [2.75, 3.05) is 0 Å². The molecule has 0 heteroatoms. The summed E-state index contributed by atoms with van der Waals surface area (Å²) in [6.07, 6.45) is 16.8. The van der Waals surface area contributed by atoms with Gasteiger partial charge in [-0.15, -0.1) is 0 Å². The van der Waals surface area contributed by atoms with Crippen LogP contribution in [0.3, 0.4) is 0 Å². The molecule has 0 aliphatic heterocycles. The summed E-state index contributed by atoms with van der Waals surface area (Å²) in [5.41, 5.74) is 0. The highest BCUT2D eigenvalue weighted by Crippen LogP contribution is 2.55. The van der Waals surface area contributed by atoms with Crippen molar-refractivity contribution in [2.45, 2.75) is 91.4 Å². The van der Waals surface area contributed by atoms with E-state index < -0.39 is 0 Å². The van der Waals surface area contributed by atoms with Crippen LogP contribution in [0.1, 0.15) is 91.4 Å². The summed E-state index contributed by atoms with van der Waals surface area (Å²) in [6.45, 7) is 7.15. The van der Waals surface area contributed by atoms with E-state index in [9.17, 15) is 0 Å². The van der Waals surface area contributed by atoms with Gasteiger partial charge >= 0.3 is 0 Å². The molecule has 4 aliphatic rings. The molecule has 5 atom stereocenters. The molecule has 0 saturated heterocycles. The van der Waals surface area contributed by atoms with Gasteiger partial charge in [0.15, 0.2) is 0 Å². The molecular formula is C21H38. The third-order valence-electron chi connectivity index (χ3n) is 7.97. The molecule has 4 rings (SSSR count). The van der Waals surface area contributed by atoms with E-state index in [1.165, 1.54) is 56.3 Å². The lowest BCUT2D eigenvalue weighted by molar-refractivity contribution is -0.0348. The standard InChI is InChI=1S/C13H22.C8H16/c1-9-5-6-11(9)13-8-7-12(13)10-3-2-4-10;1-3-7(2)8-5-4-6-8/h9-13H,2-8H2,1H3;7-8H,3-6H2,1-2H3. The van der Waals surface area contributed by atoms with Crippen LogP contribution in [0, 0.1) is 41.4 Å². The van der Waals surface area contributed by atoms with E-state index in [0.29, 0.717) is 0 Å². The van der Waals surface area contributed by atoms with Gasteiger partial charge in [0.2, 0.25) is 0 Å². The fourth-order valence-corrected chi connectivity index (χ4v) is 5.21. The predicted octanol–water partition coefficient (Wildman–Crippen LogP) is 6.69. The Balaban J connectivity index is 0.000000143. The Hall–Kier alpha value is 0. The van der Waals surface area contributed by atoms with Crippen LogP contribution in [0.5, 0.6) is 0 Å². The third kappa shape index (κ3) is 3.35. The van der Waals surface area contributed by atoms with Crippen LogP contribution in [-0.4, -0.2) is 0 Å². The van der Waals surface area contributed by atoms with Gasteiger partial charge in [-0.25, -0.2) is 0 Å². The normalized spacial score (nSPS) is 40.7. The molecule has 0 aromatic rings. The highest BCUT2D eigenvalue weighted by atomic mass is 14.5. The van der Waals surface area contributed by atoms with E-state index in [0.717, 1.165) is 23.7 Å². The molecule has 0 aromatic heterocycles. The molecule has 21 heavy (non-hydrogen) atoms. The van der Waals surface area contributed by atoms with Gasteiger partial charge in [0.1, 0.15) is 0 Å². The maximum absolute atomic E-state index is 2.48. The molecule has 0 radical (unpaired) electrons. The molecule has 4 saturated carbocycles. The monoisotopic (exact) mass is 290 g/mol. The van der Waals surface area contributed by atoms with Crippen LogP contribution in [0.4, 0.5) is 0 Å². The molecule has 4 fully saturated rings. The molecule has 0 spiro atoms. The van der Waals surface area contributed by atoms with Crippen LogP contribution < -0.4 is 0 Å². The van der Waals surface area contributed by atoms with Gasteiger partial charge < -0.3 is 0 Å². The van der Waals surface area contributed by atoms with Crippen molar-refractivity contribution in [1.29, 1.82) is 0 Å². The van der Waals surface area contributed by atoms with E-state index in [1.807, 2.05) is 0 Å². The van der Waals surface area contributed by atoms with Crippen LogP contribution in [0.25, 0.3) is 0 Å². The molecule has 4 aliphatic carbocycles. The van der Waals surface area contributed by atoms with Gasteiger partial charge in [0, 0.05) is 0 Å². The second kappa shape index (κ2) is 7.05. The first-order valence-corrected chi connectivity index (χ1v) is 10.2. The minimum atomic E-state index is 1.00. The Kier molecular flexibility index (Phi) is 5.33. The minimum Gasteiger partial charge on any atom is -0.0651 e. The second-order valence-corrected chi connectivity index (χ2v) is 8.89.